The third-order valence-electron chi connectivity index (χ3n) is 4.07. The molecule has 4 heteroatoms. The second kappa shape index (κ2) is 8.18. The molecule has 0 saturated carbocycles. The van der Waals surface area contributed by atoms with Gasteiger partial charge in [0.1, 0.15) is 0 Å². The van der Waals surface area contributed by atoms with Gasteiger partial charge in [-0.15, -0.1) is 0 Å². The monoisotopic (exact) mass is 269 g/mol. The molecule has 19 heavy (non-hydrogen) atoms. The number of unbranched alkanes of at least 4 members (excludes halogenated alkanes) is 1. The Hall–Kier alpha value is -1.06. The van der Waals surface area contributed by atoms with E-state index < -0.39 is 5.97 Å². The molecule has 0 aromatic rings. The van der Waals surface area contributed by atoms with E-state index in [-0.39, 0.29) is 24.3 Å². The van der Waals surface area contributed by atoms with Crippen molar-refractivity contribution in [3.05, 3.63) is 0 Å². The average molecular weight is 269 g/mol. The van der Waals surface area contributed by atoms with Crippen LogP contribution in [0.15, 0.2) is 0 Å². The highest BCUT2D eigenvalue weighted by Crippen LogP contribution is 2.24. The van der Waals surface area contributed by atoms with E-state index in [2.05, 4.69) is 6.92 Å². The minimum absolute atomic E-state index is 0.0781. The summed E-state index contributed by atoms with van der Waals surface area (Å²) in [5, 5.41) is 8.96. The molecule has 1 heterocycles. The van der Waals surface area contributed by atoms with Crippen LogP contribution in [-0.2, 0) is 9.59 Å². The number of carboxylic acids is 1. The molecular weight excluding hydrogens is 242 g/mol. The zero-order valence-electron chi connectivity index (χ0n) is 12.2. The summed E-state index contributed by atoms with van der Waals surface area (Å²) in [4.78, 5) is 25.3. The van der Waals surface area contributed by atoms with Crippen molar-refractivity contribution in [3.63, 3.8) is 0 Å². The summed E-state index contributed by atoms with van der Waals surface area (Å²) in [6.45, 7) is 4.92. The molecule has 1 N–H and O–H groups in total. The van der Waals surface area contributed by atoms with Crippen molar-refractivity contribution in [2.24, 2.45) is 5.92 Å². The van der Waals surface area contributed by atoms with Gasteiger partial charge in [0, 0.05) is 18.5 Å². The summed E-state index contributed by atoms with van der Waals surface area (Å²) in [6, 6.07) is -0.0885. The zero-order chi connectivity index (χ0) is 14.3. The number of carboxylic acid groups (broad SMARTS) is 1. The number of aliphatic carboxylic acids is 1. The number of hydrogen-bond donors (Lipinski definition) is 1. The Kier molecular flexibility index (Phi) is 6.89. The van der Waals surface area contributed by atoms with Gasteiger partial charge in [-0.1, -0.05) is 26.7 Å². The lowest BCUT2D eigenvalue weighted by Gasteiger charge is -2.37. The highest BCUT2D eigenvalue weighted by atomic mass is 16.4. The van der Waals surface area contributed by atoms with Crippen molar-refractivity contribution in [1.82, 2.24) is 4.90 Å². The summed E-state index contributed by atoms with van der Waals surface area (Å²) in [5.41, 5.74) is 0. The minimum Gasteiger partial charge on any atom is -0.481 e. The highest BCUT2D eigenvalue weighted by molar-refractivity contribution is 5.80. The Bertz CT molecular complexity index is 304. The summed E-state index contributed by atoms with van der Waals surface area (Å²) >= 11 is 0. The first-order valence-electron chi connectivity index (χ1n) is 7.62. The molecule has 4 nitrogen and oxygen atoms in total. The van der Waals surface area contributed by atoms with Gasteiger partial charge in [0.15, 0.2) is 0 Å². The van der Waals surface area contributed by atoms with E-state index in [0.717, 1.165) is 51.5 Å². The maximum absolute atomic E-state index is 12.6. The lowest BCUT2D eigenvalue weighted by Crippen LogP contribution is -2.47. The first kappa shape index (κ1) is 16.0. The predicted molar refractivity (Wildman–Crippen MR) is 74.9 cm³/mol. The Morgan fingerprint density at radius 1 is 1.32 bits per heavy atom. The molecule has 0 radical (unpaired) electrons. The van der Waals surface area contributed by atoms with Crippen LogP contribution in [0.1, 0.15) is 65.2 Å². The van der Waals surface area contributed by atoms with Crippen LogP contribution < -0.4 is 0 Å². The van der Waals surface area contributed by atoms with Crippen molar-refractivity contribution >= 4 is 11.9 Å². The minimum atomic E-state index is -0.800. The first-order valence-corrected chi connectivity index (χ1v) is 7.62. The van der Waals surface area contributed by atoms with Gasteiger partial charge in [0.05, 0.1) is 6.42 Å². The topological polar surface area (TPSA) is 57.6 Å². The van der Waals surface area contributed by atoms with Crippen LogP contribution in [0.25, 0.3) is 0 Å². The van der Waals surface area contributed by atoms with Crippen molar-refractivity contribution in [2.75, 3.05) is 6.54 Å². The van der Waals surface area contributed by atoms with Crippen molar-refractivity contribution in [3.8, 4) is 0 Å². The molecule has 1 aliphatic heterocycles. The quantitative estimate of drug-likeness (QED) is 0.772. The van der Waals surface area contributed by atoms with E-state index in [0.29, 0.717) is 0 Å². The molecule has 0 aromatic carbocycles. The summed E-state index contributed by atoms with van der Waals surface area (Å²) < 4.78 is 0. The van der Waals surface area contributed by atoms with E-state index in [1.807, 2.05) is 11.8 Å². The molecule has 1 amide bonds. The molecule has 2 atom stereocenters. The predicted octanol–water partition coefficient (Wildman–Crippen LogP) is 3.06. The standard InChI is InChI=1S/C15H27NO3/c1-3-5-8-12(4-2)15(19)16-10-7-6-9-13(16)11-14(17)18/h12-13H,3-11H2,1-2H3,(H,17,18). The lowest BCUT2D eigenvalue weighted by molar-refractivity contribution is -0.144. The van der Waals surface area contributed by atoms with Crippen molar-refractivity contribution in [1.29, 1.82) is 0 Å². The third kappa shape index (κ3) is 4.84. The molecule has 1 saturated heterocycles. The van der Waals surface area contributed by atoms with Gasteiger partial charge in [0.2, 0.25) is 5.91 Å². The number of amides is 1. The molecule has 1 rings (SSSR count). The molecule has 1 aliphatic rings. The van der Waals surface area contributed by atoms with Gasteiger partial charge in [-0.2, -0.15) is 0 Å². The molecule has 1 fully saturated rings. The Morgan fingerprint density at radius 2 is 2.05 bits per heavy atom. The zero-order valence-corrected chi connectivity index (χ0v) is 12.2. The van der Waals surface area contributed by atoms with Crippen LogP contribution in [0, 0.1) is 5.92 Å². The van der Waals surface area contributed by atoms with Crippen LogP contribution >= 0.6 is 0 Å². The van der Waals surface area contributed by atoms with E-state index >= 15 is 0 Å². The summed E-state index contributed by atoms with van der Waals surface area (Å²) in [6.07, 6.45) is 6.93. The Labute approximate surface area is 116 Å². The second-order valence-electron chi connectivity index (χ2n) is 5.53. The van der Waals surface area contributed by atoms with Crippen LogP contribution in [-0.4, -0.2) is 34.5 Å². The van der Waals surface area contributed by atoms with Crippen LogP contribution in [0.4, 0.5) is 0 Å². The molecule has 0 aromatic heterocycles. The first-order chi connectivity index (χ1) is 9.10. The average Bonchev–Trinajstić information content (AvgIpc) is 2.39. The van der Waals surface area contributed by atoms with E-state index in [9.17, 15) is 9.59 Å². The van der Waals surface area contributed by atoms with Gasteiger partial charge in [-0.05, 0) is 32.1 Å². The van der Waals surface area contributed by atoms with E-state index in [1.54, 1.807) is 0 Å². The van der Waals surface area contributed by atoms with Crippen LogP contribution in [0.2, 0.25) is 0 Å². The van der Waals surface area contributed by atoms with E-state index in [1.165, 1.54) is 0 Å². The number of hydrogen-bond acceptors (Lipinski definition) is 2. The maximum atomic E-state index is 12.6. The fraction of sp³-hybridized carbons (Fsp3) is 0.867. The van der Waals surface area contributed by atoms with Gasteiger partial charge in [-0.3, -0.25) is 9.59 Å². The highest BCUT2D eigenvalue weighted by Gasteiger charge is 2.31. The van der Waals surface area contributed by atoms with Gasteiger partial charge in [0.25, 0.3) is 0 Å². The molecule has 110 valence electrons. The second-order valence-corrected chi connectivity index (χ2v) is 5.53. The molecule has 0 spiro atoms. The number of rotatable bonds is 7. The van der Waals surface area contributed by atoms with E-state index in [4.69, 9.17) is 5.11 Å². The van der Waals surface area contributed by atoms with Crippen LogP contribution in [0.3, 0.4) is 0 Å². The molecular formula is C15H27NO3. The summed E-state index contributed by atoms with van der Waals surface area (Å²) in [5.74, 6) is -0.539. The number of nitrogens with zero attached hydrogens (tertiary/aromatic N) is 1. The molecule has 0 aliphatic carbocycles. The molecule has 0 bridgehead atoms. The van der Waals surface area contributed by atoms with Gasteiger partial charge >= 0.3 is 5.97 Å². The Balaban J connectivity index is 2.66. The van der Waals surface area contributed by atoms with Gasteiger partial charge < -0.3 is 10.0 Å². The van der Waals surface area contributed by atoms with Gasteiger partial charge in [-0.25, -0.2) is 0 Å². The van der Waals surface area contributed by atoms with Crippen molar-refractivity contribution in [2.45, 2.75) is 71.3 Å². The lowest BCUT2D eigenvalue weighted by atomic mass is 9.93. The van der Waals surface area contributed by atoms with Crippen molar-refractivity contribution < 1.29 is 14.7 Å². The molecule has 2 unspecified atom stereocenters. The number of carbonyl (C=O) groups excluding carboxylic acids is 1. The largest absolute Gasteiger partial charge is 0.481 e. The number of carbonyl (C=O) groups is 2. The number of piperidine rings is 1. The summed E-state index contributed by atoms with van der Waals surface area (Å²) in [7, 11) is 0. The normalized spacial score (nSPS) is 21.2. The third-order valence-corrected chi connectivity index (χ3v) is 4.07. The van der Waals surface area contributed by atoms with Crippen LogP contribution in [0.5, 0.6) is 0 Å². The fourth-order valence-electron chi connectivity index (χ4n) is 2.89. The Morgan fingerprint density at radius 3 is 2.63 bits per heavy atom. The smallest absolute Gasteiger partial charge is 0.305 e. The number of likely N-dealkylation sites (tertiary alicyclic amines) is 1. The maximum Gasteiger partial charge on any atom is 0.305 e. The SMILES string of the molecule is CCCCC(CC)C(=O)N1CCCCC1CC(=O)O. The fourth-order valence-corrected chi connectivity index (χ4v) is 2.89.